The van der Waals surface area contributed by atoms with Crippen molar-refractivity contribution in [3.8, 4) is 11.3 Å². The number of aryl methyl sites for hydroxylation is 1. The molecule has 0 aliphatic heterocycles. The van der Waals surface area contributed by atoms with Crippen LogP contribution in [0.3, 0.4) is 0 Å². The molecule has 0 saturated heterocycles. The summed E-state index contributed by atoms with van der Waals surface area (Å²) in [5.74, 6) is -2.77. The van der Waals surface area contributed by atoms with E-state index in [-0.39, 0.29) is 22.8 Å². The summed E-state index contributed by atoms with van der Waals surface area (Å²) in [6.45, 7) is 1.26. The Kier molecular flexibility index (Phi) is 6.29. The summed E-state index contributed by atoms with van der Waals surface area (Å²) in [6, 6.07) is 9.76. The van der Waals surface area contributed by atoms with E-state index in [1.807, 2.05) is 0 Å². The molecule has 35 heavy (non-hydrogen) atoms. The maximum Gasteiger partial charge on any atom is 0.390 e. The van der Waals surface area contributed by atoms with E-state index in [9.17, 15) is 26.7 Å². The van der Waals surface area contributed by atoms with E-state index < -0.39 is 36.7 Å². The fourth-order valence-corrected chi connectivity index (χ4v) is 3.53. The summed E-state index contributed by atoms with van der Waals surface area (Å²) < 4.78 is 67.2. The molecule has 0 bridgehead atoms. The van der Waals surface area contributed by atoms with Crippen LogP contribution in [0.1, 0.15) is 22.3 Å². The lowest BCUT2D eigenvalue weighted by Crippen LogP contribution is -2.15. The molecule has 4 aromatic rings. The molecule has 4 N–H and O–H groups in total. The summed E-state index contributed by atoms with van der Waals surface area (Å²) in [5.41, 5.74) is 7.54. The summed E-state index contributed by atoms with van der Waals surface area (Å²) >= 11 is 0. The average Bonchev–Trinajstić information content (AvgIpc) is 3.20. The number of imidazole rings is 1. The molecule has 0 aliphatic carbocycles. The number of amides is 1. The molecular weight excluding hydrogens is 471 g/mol. The Morgan fingerprint density at radius 1 is 1.11 bits per heavy atom. The number of nitrogens with one attached hydrogen (secondary N) is 2. The van der Waals surface area contributed by atoms with E-state index in [4.69, 9.17) is 5.73 Å². The smallest absolute Gasteiger partial charge is 0.382 e. The molecule has 0 radical (unpaired) electrons. The van der Waals surface area contributed by atoms with E-state index in [0.29, 0.717) is 22.4 Å². The van der Waals surface area contributed by atoms with Crippen molar-refractivity contribution in [2.45, 2.75) is 19.5 Å². The van der Waals surface area contributed by atoms with Crippen molar-refractivity contribution in [3.63, 3.8) is 0 Å². The van der Waals surface area contributed by atoms with Crippen molar-refractivity contribution >= 4 is 28.7 Å². The van der Waals surface area contributed by atoms with Crippen LogP contribution in [0.25, 0.3) is 16.9 Å². The third-order valence-electron chi connectivity index (χ3n) is 5.19. The lowest BCUT2D eigenvalue weighted by Gasteiger charge is -2.14. The first-order valence-corrected chi connectivity index (χ1v) is 10.3. The normalized spacial score (nSPS) is 11.6. The molecule has 0 aliphatic rings. The number of hydrogen-bond acceptors (Lipinski definition) is 5. The quantitative estimate of drug-likeness (QED) is 0.310. The van der Waals surface area contributed by atoms with Crippen LogP contribution in [-0.2, 0) is 0 Å². The minimum absolute atomic E-state index is 0.0289. The van der Waals surface area contributed by atoms with Crippen LogP contribution in [0.5, 0.6) is 0 Å². The molecule has 7 nitrogen and oxygen atoms in total. The summed E-state index contributed by atoms with van der Waals surface area (Å²) in [5, 5.41) is 9.72. The molecule has 4 rings (SSSR count). The Morgan fingerprint density at radius 2 is 1.89 bits per heavy atom. The number of hydrogen-bond donors (Lipinski definition) is 3. The number of nitrogens with two attached hydrogens (primary N) is 1. The van der Waals surface area contributed by atoms with Gasteiger partial charge < -0.3 is 16.4 Å². The Morgan fingerprint density at radius 3 is 2.57 bits per heavy atom. The number of alkyl halides is 3. The van der Waals surface area contributed by atoms with Gasteiger partial charge in [-0.25, -0.2) is 18.3 Å². The van der Waals surface area contributed by atoms with Crippen LogP contribution < -0.4 is 16.4 Å². The van der Waals surface area contributed by atoms with Gasteiger partial charge in [-0.3, -0.25) is 4.79 Å². The van der Waals surface area contributed by atoms with Gasteiger partial charge in [-0.1, -0.05) is 12.1 Å². The molecule has 0 unspecified atom stereocenters. The van der Waals surface area contributed by atoms with Crippen molar-refractivity contribution in [1.29, 1.82) is 0 Å². The number of nitrogens with zero attached hydrogens (tertiary/aromatic N) is 3. The number of carbonyl (C=O) groups is 1. The second kappa shape index (κ2) is 9.20. The van der Waals surface area contributed by atoms with Gasteiger partial charge in [-0.05, 0) is 36.8 Å². The SMILES string of the molecule is Cc1cc(-c2cnc3c(NCCC(F)(F)F)cc(Nc4cccc(F)c4F)nn23)ccc1C(N)=O. The molecule has 2 aromatic carbocycles. The van der Waals surface area contributed by atoms with Gasteiger partial charge >= 0.3 is 6.18 Å². The van der Waals surface area contributed by atoms with Crippen LogP contribution in [0, 0.1) is 18.6 Å². The number of aromatic nitrogens is 3. The molecule has 0 saturated carbocycles. The Hall–Kier alpha value is -4.22. The highest BCUT2D eigenvalue weighted by atomic mass is 19.4. The Balaban J connectivity index is 1.80. The van der Waals surface area contributed by atoms with E-state index >= 15 is 0 Å². The highest BCUT2D eigenvalue weighted by Crippen LogP contribution is 2.29. The molecular formula is C23H19F5N6O. The molecule has 2 heterocycles. The van der Waals surface area contributed by atoms with Crippen molar-refractivity contribution < 1.29 is 26.7 Å². The largest absolute Gasteiger partial charge is 0.390 e. The lowest BCUT2D eigenvalue weighted by atomic mass is 10.0. The van der Waals surface area contributed by atoms with Gasteiger partial charge in [0, 0.05) is 23.7 Å². The maximum atomic E-state index is 14.2. The highest BCUT2D eigenvalue weighted by Gasteiger charge is 2.26. The van der Waals surface area contributed by atoms with Gasteiger partial charge in [0.1, 0.15) is 0 Å². The van der Waals surface area contributed by atoms with Gasteiger partial charge in [-0.15, -0.1) is 5.10 Å². The van der Waals surface area contributed by atoms with Gasteiger partial charge in [-0.2, -0.15) is 13.2 Å². The number of fused-ring (bicyclic) bond motifs is 1. The van der Waals surface area contributed by atoms with Crippen LogP contribution in [0.4, 0.5) is 39.1 Å². The van der Waals surface area contributed by atoms with E-state index in [2.05, 4.69) is 20.7 Å². The zero-order valence-corrected chi connectivity index (χ0v) is 18.3. The summed E-state index contributed by atoms with van der Waals surface area (Å²) in [7, 11) is 0. The third kappa shape index (κ3) is 5.15. The van der Waals surface area contributed by atoms with Crippen LogP contribution in [0.2, 0.25) is 0 Å². The molecule has 0 atom stereocenters. The standard InChI is InChI=1S/C23H19F5N6O/c1-12-9-13(5-6-14(12)21(29)35)18-11-31-22-17(30-8-7-23(26,27)28)10-19(33-34(18)22)32-16-4-2-3-15(24)20(16)25/h2-6,9-11,30H,7-8H2,1H3,(H2,29,35)(H,32,33). The predicted octanol–water partition coefficient (Wildman–Crippen LogP) is 5.19. The van der Waals surface area contributed by atoms with Gasteiger partial charge in [0.05, 0.1) is 29.7 Å². The van der Waals surface area contributed by atoms with Gasteiger partial charge in [0.2, 0.25) is 5.91 Å². The first-order valence-electron chi connectivity index (χ1n) is 10.3. The van der Waals surface area contributed by atoms with Crippen LogP contribution in [-0.4, -0.2) is 33.2 Å². The van der Waals surface area contributed by atoms with Crippen molar-refractivity contribution in [3.05, 3.63) is 71.4 Å². The predicted molar refractivity (Wildman–Crippen MR) is 120 cm³/mol. The fraction of sp³-hybridized carbons (Fsp3) is 0.174. The summed E-state index contributed by atoms with van der Waals surface area (Å²) in [6.07, 6.45) is -4.00. The van der Waals surface area contributed by atoms with Gasteiger partial charge in [0.15, 0.2) is 23.1 Å². The molecule has 12 heteroatoms. The van der Waals surface area contributed by atoms with Crippen LogP contribution >= 0.6 is 0 Å². The minimum Gasteiger partial charge on any atom is -0.382 e. The zero-order valence-electron chi connectivity index (χ0n) is 18.3. The first kappa shape index (κ1) is 23.9. The van der Waals surface area contributed by atoms with Crippen molar-refractivity contribution in [2.75, 3.05) is 17.2 Å². The van der Waals surface area contributed by atoms with Crippen LogP contribution in [0.15, 0.2) is 48.7 Å². The lowest BCUT2D eigenvalue weighted by molar-refractivity contribution is -0.131. The Bertz CT molecular complexity index is 1420. The number of anilines is 3. The number of primary amides is 1. The monoisotopic (exact) mass is 490 g/mol. The van der Waals surface area contributed by atoms with Crippen molar-refractivity contribution in [2.24, 2.45) is 5.73 Å². The number of benzene rings is 2. The highest BCUT2D eigenvalue weighted by molar-refractivity contribution is 5.95. The molecule has 0 spiro atoms. The van der Waals surface area contributed by atoms with E-state index in [0.717, 1.165) is 6.07 Å². The second-order valence-corrected chi connectivity index (χ2v) is 7.73. The second-order valence-electron chi connectivity index (χ2n) is 7.73. The molecule has 0 fully saturated rings. The average molecular weight is 490 g/mol. The van der Waals surface area contributed by atoms with E-state index in [1.54, 1.807) is 25.1 Å². The number of carbonyl (C=O) groups excluding carboxylic acids is 1. The third-order valence-corrected chi connectivity index (χ3v) is 5.19. The maximum absolute atomic E-state index is 14.2. The van der Waals surface area contributed by atoms with Crippen molar-refractivity contribution in [1.82, 2.24) is 14.6 Å². The first-order chi connectivity index (χ1) is 16.5. The van der Waals surface area contributed by atoms with Gasteiger partial charge in [0.25, 0.3) is 0 Å². The zero-order chi connectivity index (χ0) is 25.3. The van der Waals surface area contributed by atoms with E-state index in [1.165, 1.54) is 28.9 Å². The molecule has 2 aromatic heterocycles. The topological polar surface area (TPSA) is 97.3 Å². The summed E-state index contributed by atoms with van der Waals surface area (Å²) in [4.78, 5) is 15.8. The molecule has 182 valence electrons. The number of halogens is 5. The fourth-order valence-electron chi connectivity index (χ4n) is 3.53. The minimum atomic E-state index is -4.37. The number of rotatable bonds is 7. The molecule has 1 amide bonds. The Labute approximate surface area is 195 Å².